The summed E-state index contributed by atoms with van der Waals surface area (Å²) in [6, 6.07) is 20.9. The van der Waals surface area contributed by atoms with Gasteiger partial charge in [-0.1, -0.05) is 40.2 Å². The minimum atomic E-state index is -0.690. The summed E-state index contributed by atoms with van der Waals surface area (Å²) >= 11 is 3.38. The monoisotopic (exact) mass is 421 g/mol. The molecule has 0 aromatic heterocycles. The second-order valence-corrected chi connectivity index (χ2v) is 7.15. The van der Waals surface area contributed by atoms with Crippen molar-refractivity contribution in [3.05, 3.63) is 94.0 Å². The highest BCUT2D eigenvalue weighted by Gasteiger charge is 2.41. The number of nitrogens with zero attached hydrogens (tertiary/aromatic N) is 1. The van der Waals surface area contributed by atoms with E-state index in [9.17, 15) is 9.59 Å². The van der Waals surface area contributed by atoms with Gasteiger partial charge in [-0.2, -0.15) is 0 Å². The first-order valence-corrected chi connectivity index (χ1v) is 9.26. The molecular weight excluding hydrogens is 406 g/mol. The van der Waals surface area contributed by atoms with Gasteiger partial charge in [0.25, 0.3) is 5.91 Å². The highest BCUT2D eigenvalue weighted by Crippen LogP contribution is 2.41. The van der Waals surface area contributed by atoms with E-state index in [2.05, 4.69) is 15.9 Å². The number of anilines is 1. The minimum Gasteiger partial charge on any atom is -0.497 e. The van der Waals surface area contributed by atoms with E-state index in [4.69, 9.17) is 4.74 Å². The van der Waals surface area contributed by atoms with E-state index in [-0.39, 0.29) is 11.7 Å². The molecular formula is C22H16BrNO3. The maximum absolute atomic E-state index is 13.3. The number of rotatable bonds is 3. The van der Waals surface area contributed by atoms with Gasteiger partial charge in [0, 0.05) is 15.6 Å². The molecule has 27 heavy (non-hydrogen) atoms. The van der Waals surface area contributed by atoms with Crippen molar-refractivity contribution >= 4 is 33.3 Å². The van der Waals surface area contributed by atoms with E-state index >= 15 is 0 Å². The third-order valence-corrected chi connectivity index (χ3v) is 5.21. The zero-order chi connectivity index (χ0) is 19.0. The maximum atomic E-state index is 13.3. The first kappa shape index (κ1) is 17.5. The normalized spacial score (nSPS) is 15.6. The SMILES string of the molecule is COc1ccc([C@@H]2C(=O)c3ccccc3N2C(=O)c2ccc(Br)cc2)cc1. The van der Waals surface area contributed by atoms with Crippen molar-refractivity contribution in [2.24, 2.45) is 0 Å². The van der Waals surface area contributed by atoms with Crippen LogP contribution in [0, 0.1) is 0 Å². The van der Waals surface area contributed by atoms with Crippen molar-refractivity contribution in [1.29, 1.82) is 0 Å². The fourth-order valence-corrected chi connectivity index (χ4v) is 3.60. The molecule has 0 radical (unpaired) electrons. The highest BCUT2D eigenvalue weighted by atomic mass is 79.9. The van der Waals surface area contributed by atoms with Crippen LogP contribution in [0.15, 0.2) is 77.3 Å². The number of hydrogen-bond acceptors (Lipinski definition) is 3. The number of Topliss-reactive ketones (excluding diaryl/α,β-unsaturated/α-hetero) is 1. The van der Waals surface area contributed by atoms with Crippen LogP contribution in [0.5, 0.6) is 5.75 Å². The first-order valence-electron chi connectivity index (χ1n) is 8.46. The van der Waals surface area contributed by atoms with Gasteiger partial charge < -0.3 is 4.74 Å². The van der Waals surface area contributed by atoms with Crippen molar-refractivity contribution in [3.63, 3.8) is 0 Å². The quantitative estimate of drug-likeness (QED) is 0.594. The summed E-state index contributed by atoms with van der Waals surface area (Å²) in [5, 5.41) is 0. The van der Waals surface area contributed by atoms with E-state index < -0.39 is 6.04 Å². The number of ether oxygens (including phenoxy) is 1. The van der Waals surface area contributed by atoms with Gasteiger partial charge in [0.1, 0.15) is 11.8 Å². The fourth-order valence-electron chi connectivity index (χ4n) is 3.34. The van der Waals surface area contributed by atoms with Crippen LogP contribution in [0.2, 0.25) is 0 Å². The third kappa shape index (κ3) is 3.04. The van der Waals surface area contributed by atoms with Crippen LogP contribution in [0.4, 0.5) is 5.69 Å². The molecule has 0 bridgehead atoms. The van der Waals surface area contributed by atoms with Gasteiger partial charge in [-0.3, -0.25) is 14.5 Å². The summed E-state index contributed by atoms with van der Waals surface area (Å²) in [6.07, 6.45) is 0. The van der Waals surface area contributed by atoms with Crippen molar-refractivity contribution in [2.45, 2.75) is 6.04 Å². The lowest BCUT2D eigenvalue weighted by atomic mass is 10.0. The molecule has 1 aliphatic rings. The van der Waals surface area contributed by atoms with E-state index in [1.54, 1.807) is 42.3 Å². The van der Waals surface area contributed by atoms with E-state index in [0.29, 0.717) is 22.6 Å². The summed E-state index contributed by atoms with van der Waals surface area (Å²) in [5.41, 5.74) is 2.48. The molecule has 1 heterocycles. The number of para-hydroxylation sites is 1. The fraction of sp³-hybridized carbons (Fsp3) is 0.0909. The van der Waals surface area contributed by atoms with Crippen LogP contribution in [-0.2, 0) is 0 Å². The van der Waals surface area contributed by atoms with Crippen LogP contribution in [0.25, 0.3) is 0 Å². The Balaban J connectivity index is 1.82. The predicted molar refractivity (Wildman–Crippen MR) is 107 cm³/mol. The number of benzene rings is 3. The highest BCUT2D eigenvalue weighted by molar-refractivity contribution is 9.10. The maximum Gasteiger partial charge on any atom is 0.259 e. The number of fused-ring (bicyclic) bond motifs is 1. The average molecular weight is 422 g/mol. The molecule has 4 nitrogen and oxygen atoms in total. The number of hydrogen-bond donors (Lipinski definition) is 0. The molecule has 0 fully saturated rings. The average Bonchev–Trinajstić information content (AvgIpc) is 3.01. The Kier molecular flexibility index (Phi) is 4.54. The molecule has 3 aromatic rings. The van der Waals surface area contributed by atoms with Gasteiger partial charge in [0.2, 0.25) is 0 Å². The number of methoxy groups -OCH3 is 1. The van der Waals surface area contributed by atoms with E-state index in [0.717, 1.165) is 10.0 Å². The lowest BCUT2D eigenvalue weighted by Gasteiger charge is -2.25. The molecule has 0 N–H and O–H groups in total. The summed E-state index contributed by atoms with van der Waals surface area (Å²) in [7, 11) is 1.59. The Morgan fingerprint density at radius 2 is 1.63 bits per heavy atom. The van der Waals surface area contributed by atoms with E-state index in [1.165, 1.54) is 0 Å². The predicted octanol–water partition coefficient (Wildman–Crippen LogP) is 5.04. The van der Waals surface area contributed by atoms with Crippen molar-refractivity contribution in [1.82, 2.24) is 0 Å². The molecule has 0 saturated heterocycles. The lowest BCUT2D eigenvalue weighted by Crippen LogP contribution is -2.34. The number of ketones is 1. The lowest BCUT2D eigenvalue weighted by molar-refractivity contribution is 0.0914. The molecule has 1 atom stereocenters. The number of carbonyl (C=O) groups is 2. The van der Waals surface area contributed by atoms with E-state index in [1.807, 2.05) is 42.5 Å². The van der Waals surface area contributed by atoms with Crippen LogP contribution >= 0.6 is 15.9 Å². The van der Waals surface area contributed by atoms with Crippen LogP contribution < -0.4 is 9.64 Å². The number of carbonyl (C=O) groups excluding carboxylic acids is 2. The zero-order valence-corrected chi connectivity index (χ0v) is 16.1. The van der Waals surface area contributed by atoms with Gasteiger partial charge >= 0.3 is 0 Å². The molecule has 134 valence electrons. The molecule has 1 amide bonds. The van der Waals surface area contributed by atoms with Gasteiger partial charge in [0.15, 0.2) is 5.78 Å². The molecule has 0 aliphatic carbocycles. The Labute approximate surface area is 165 Å². The van der Waals surface area contributed by atoms with Crippen molar-refractivity contribution < 1.29 is 14.3 Å². The van der Waals surface area contributed by atoms with Crippen LogP contribution in [0.3, 0.4) is 0 Å². The molecule has 4 rings (SSSR count). The van der Waals surface area contributed by atoms with Crippen molar-refractivity contribution in [2.75, 3.05) is 12.0 Å². The second-order valence-electron chi connectivity index (χ2n) is 6.24. The largest absolute Gasteiger partial charge is 0.497 e. The first-order chi connectivity index (χ1) is 13.1. The Hall–Kier alpha value is -2.92. The second kappa shape index (κ2) is 7.00. The molecule has 0 spiro atoms. The van der Waals surface area contributed by atoms with Crippen LogP contribution in [-0.4, -0.2) is 18.8 Å². The smallest absolute Gasteiger partial charge is 0.259 e. The van der Waals surface area contributed by atoms with Crippen LogP contribution in [0.1, 0.15) is 32.3 Å². The Morgan fingerprint density at radius 3 is 2.30 bits per heavy atom. The molecule has 3 aromatic carbocycles. The molecule has 1 aliphatic heterocycles. The zero-order valence-electron chi connectivity index (χ0n) is 14.6. The summed E-state index contributed by atoms with van der Waals surface area (Å²) in [6.45, 7) is 0. The topological polar surface area (TPSA) is 46.6 Å². The summed E-state index contributed by atoms with van der Waals surface area (Å²) in [4.78, 5) is 28.0. The van der Waals surface area contributed by atoms with Gasteiger partial charge in [0.05, 0.1) is 12.8 Å². The molecule has 5 heteroatoms. The standard InChI is InChI=1S/C22H16BrNO3/c1-27-17-12-8-14(9-13-17)20-21(25)18-4-2-3-5-19(18)24(20)22(26)15-6-10-16(23)11-7-15/h2-13,20H,1H3/t20-/m1/s1. The van der Waals surface area contributed by atoms with Crippen molar-refractivity contribution in [3.8, 4) is 5.75 Å². The molecule has 0 unspecified atom stereocenters. The number of amides is 1. The number of halogens is 1. The molecule has 0 saturated carbocycles. The van der Waals surface area contributed by atoms with Gasteiger partial charge in [-0.05, 0) is 54.1 Å². The third-order valence-electron chi connectivity index (χ3n) is 4.68. The van der Waals surface area contributed by atoms with Gasteiger partial charge in [-0.25, -0.2) is 0 Å². The Morgan fingerprint density at radius 1 is 0.963 bits per heavy atom. The summed E-state index contributed by atoms with van der Waals surface area (Å²) in [5.74, 6) is 0.412. The summed E-state index contributed by atoms with van der Waals surface area (Å²) < 4.78 is 6.10. The van der Waals surface area contributed by atoms with Gasteiger partial charge in [-0.15, -0.1) is 0 Å². The Bertz CT molecular complexity index is 1010. The minimum absolute atomic E-state index is 0.0822.